The van der Waals surface area contributed by atoms with E-state index in [2.05, 4.69) is 172 Å². The summed E-state index contributed by atoms with van der Waals surface area (Å²) in [6.07, 6.45) is 85.9. The quantitative estimate of drug-likeness (QED) is 0.0211. The number of phosphoric acid groups is 1. The normalized spacial score (nSPS) is 14.4. The van der Waals surface area contributed by atoms with Gasteiger partial charge in [0, 0.05) is 12.8 Å². The number of ether oxygens (including phenoxy) is 2. The van der Waals surface area contributed by atoms with Gasteiger partial charge in [0.25, 0.3) is 0 Å². The molecule has 0 saturated heterocycles. The minimum absolute atomic E-state index is 0.0166. The minimum Gasteiger partial charge on any atom is -0.462 e. The maximum absolute atomic E-state index is 12.8. The highest BCUT2D eigenvalue weighted by atomic mass is 31.2. The van der Waals surface area contributed by atoms with Crippen LogP contribution in [0.25, 0.3) is 0 Å². The Kier molecular flexibility index (Phi) is 54.1. The third-order valence-electron chi connectivity index (χ3n) is 12.1. The average Bonchev–Trinajstić information content (AvgIpc) is 3.41. The van der Waals surface area contributed by atoms with Crippen molar-refractivity contribution in [1.82, 2.24) is 0 Å². The minimum atomic E-state index is -4.41. The Balaban J connectivity index is 4.26. The number of quaternary nitrogens is 1. The standard InChI is InChI=1S/C68H110NO8P/c1-6-8-10-12-14-16-18-20-22-24-26-28-29-30-31-32-33-34-35-36-37-38-39-41-43-45-47-49-51-53-55-57-59-61-68(71)77-66(65-76-78(72,73)75-63-62-69(3,4)5)64-74-67(70)60-58-56-54-52-50-48-46-44-42-40-27-25-23-21-19-17-15-13-11-9-7-2/h8-11,14-17,20-23,26-28,30-31,33-34,36-37,39-41,45,47,66H,6-7,12-13,18-19,24-25,29,32,35,38,42-44,46,48-65H2,1-5H3/p+1/b10-8-,11-9-,16-14-,17-15-,22-20-,23-21-,28-26-,31-30-,34-33-,37-36-,40-27-,41-39-,47-45-. The lowest BCUT2D eigenvalue weighted by atomic mass is 10.1. The first-order valence-electron chi connectivity index (χ1n) is 30.2. The zero-order valence-electron chi connectivity index (χ0n) is 49.8. The number of phosphoric ester groups is 1. The van der Waals surface area contributed by atoms with E-state index in [0.29, 0.717) is 17.4 Å². The van der Waals surface area contributed by atoms with Gasteiger partial charge in [0.15, 0.2) is 6.10 Å². The van der Waals surface area contributed by atoms with Crippen LogP contribution < -0.4 is 0 Å². The number of unbranched alkanes of at least 4 members (excludes halogenated alkanes) is 13. The summed E-state index contributed by atoms with van der Waals surface area (Å²) in [6, 6.07) is 0. The third kappa shape index (κ3) is 60.9. The summed E-state index contributed by atoms with van der Waals surface area (Å²) < 4.78 is 34.6. The van der Waals surface area contributed by atoms with Crippen LogP contribution in [0.4, 0.5) is 0 Å². The van der Waals surface area contributed by atoms with Crippen LogP contribution in [0.3, 0.4) is 0 Å². The molecule has 0 spiro atoms. The van der Waals surface area contributed by atoms with Crippen LogP contribution >= 0.6 is 7.82 Å². The smallest absolute Gasteiger partial charge is 0.462 e. The Bertz CT molecular complexity index is 1870. The van der Waals surface area contributed by atoms with Crippen molar-refractivity contribution in [2.24, 2.45) is 0 Å². The highest BCUT2D eigenvalue weighted by Gasteiger charge is 2.27. The lowest BCUT2D eigenvalue weighted by Crippen LogP contribution is -2.37. The van der Waals surface area contributed by atoms with Crippen molar-refractivity contribution in [3.05, 3.63) is 158 Å². The van der Waals surface area contributed by atoms with Gasteiger partial charge in [-0.1, -0.05) is 230 Å². The molecule has 1 N–H and O–H groups in total. The highest BCUT2D eigenvalue weighted by molar-refractivity contribution is 7.47. The molecule has 0 fully saturated rings. The summed E-state index contributed by atoms with van der Waals surface area (Å²) in [5.41, 5.74) is 0. The predicted molar refractivity (Wildman–Crippen MR) is 334 cm³/mol. The molecule has 0 bridgehead atoms. The van der Waals surface area contributed by atoms with E-state index >= 15 is 0 Å². The predicted octanol–water partition coefficient (Wildman–Crippen LogP) is 19.3. The van der Waals surface area contributed by atoms with Crippen LogP contribution in [0.15, 0.2) is 158 Å². The zero-order chi connectivity index (χ0) is 57.0. The third-order valence-corrected chi connectivity index (χ3v) is 13.0. The van der Waals surface area contributed by atoms with Gasteiger partial charge in [0.2, 0.25) is 0 Å². The summed E-state index contributed by atoms with van der Waals surface area (Å²) in [5, 5.41) is 0. The van der Waals surface area contributed by atoms with Gasteiger partial charge >= 0.3 is 19.8 Å². The monoisotopic (exact) mass is 1100 g/mol. The molecule has 0 amide bonds. The molecular weight excluding hydrogens is 990 g/mol. The molecule has 0 aliphatic carbocycles. The van der Waals surface area contributed by atoms with Crippen molar-refractivity contribution in [3.8, 4) is 0 Å². The largest absolute Gasteiger partial charge is 0.472 e. The lowest BCUT2D eigenvalue weighted by molar-refractivity contribution is -0.870. The lowest BCUT2D eigenvalue weighted by Gasteiger charge is -2.24. The molecule has 2 atom stereocenters. The van der Waals surface area contributed by atoms with E-state index < -0.39 is 26.5 Å². The molecule has 0 rings (SSSR count). The second kappa shape index (κ2) is 57.3. The Labute approximate surface area is 477 Å². The van der Waals surface area contributed by atoms with E-state index in [1.165, 1.54) is 25.7 Å². The molecule has 9 nitrogen and oxygen atoms in total. The Morgan fingerprint density at radius 3 is 1.03 bits per heavy atom. The van der Waals surface area contributed by atoms with Crippen LogP contribution in [0.1, 0.15) is 206 Å². The van der Waals surface area contributed by atoms with Gasteiger partial charge in [-0.05, 0) is 122 Å². The molecule has 0 heterocycles. The van der Waals surface area contributed by atoms with E-state index in [1.54, 1.807) is 0 Å². The Morgan fingerprint density at radius 1 is 0.397 bits per heavy atom. The summed E-state index contributed by atoms with van der Waals surface area (Å²) in [5.74, 6) is -0.842. The van der Waals surface area contributed by atoms with E-state index in [9.17, 15) is 19.0 Å². The topological polar surface area (TPSA) is 108 Å². The maximum atomic E-state index is 12.8. The van der Waals surface area contributed by atoms with E-state index in [4.69, 9.17) is 18.5 Å². The summed E-state index contributed by atoms with van der Waals surface area (Å²) in [6.45, 7) is 4.15. The van der Waals surface area contributed by atoms with Crippen LogP contribution in [0, 0.1) is 0 Å². The molecule has 0 aromatic heterocycles. The molecule has 2 unspecified atom stereocenters. The van der Waals surface area contributed by atoms with Gasteiger partial charge in [0.1, 0.15) is 19.8 Å². The first-order valence-corrected chi connectivity index (χ1v) is 31.7. The number of carbonyl (C=O) groups is 2. The van der Waals surface area contributed by atoms with Gasteiger partial charge in [-0.25, -0.2) is 4.57 Å². The number of likely N-dealkylation sites (N-methyl/N-ethyl adjacent to an activating group) is 1. The molecule has 0 aliphatic rings. The molecule has 0 aromatic carbocycles. The first kappa shape index (κ1) is 73.6. The number of hydrogen-bond acceptors (Lipinski definition) is 7. The van der Waals surface area contributed by atoms with Crippen molar-refractivity contribution in [2.75, 3.05) is 47.5 Å². The molecular formula is C68H111NO8P+. The number of carbonyl (C=O) groups excluding carboxylic acids is 2. The molecule has 0 aromatic rings. The van der Waals surface area contributed by atoms with Crippen LogP contribution in [0.5, 0.6) is 0 Å². The first-order chi connectivity index (χ1) is 38.0. The molecule has 0 aliphatic heterocycles. The number of rotatable bonds is 53. The number of allylic oxidation sites excluding steroid dienone is 26. The van der Waals surface area contributed by atoms with Gasteiger partial charge in [-0.3, -0.25) is 18.6 Å². The van der Waals surface area contributed by atoms with Crippen LogP contribution in [0.2, 0.25) is 0 Å². The summed E-state index contributed by atoms with van der Waals surface area (Å²) in [7, 11) is 1.43. The van der Waals surface area contributed by atoms with E-state index in [1.807, 2.05) is 21.1 Å². The van der Waals surface area contributed by atoms with Gasteiger partial charge in [-0.15, -0.1) is 0 Å². The fraction of sp³-hybridized carbons (Fsp3) is 0.588. The molecule has 10 heteroatoms. The van der Waals surface area contributed by atoms with Gasteiger partial charge in [0.05, 0.1) is 27.7 Å². The fourth-order valence-corrected chi connectivity index (χ4v) is 8.21. The summed E-state index contributed by atoms with van der Waals surface area (Å²) >= 11 is 0. The fourth-order valence-electron chi connectivity index (χ4n) is 7.47. The molecule has 0 radical (unpaired) electrons. The maximum Gasteiger partial charge on any atom is 0.472 e. The highest BCUT2D eigenvalue weighted by Crippen LogP contribution is 2.43. The SMILES string of the molecule is CC/C=C\C/C=C\C/C=C\C/C=C\C/C=C\C/C=C\C/C=C\C/C=C\C/C=C\CCCCCCCC(=O)OC(COC(=O)CCCCCCCCCC/C=C\C/C=C\C/C=C\C/C=C\CC)COP(=O)(O)OCC[N+](C)(C)C. The van der Waals surface area contributed by atoms with Gasteiger partial charge < -0.3 is 18.9 Å². The molecule has 440 valence electrons. The van der Waals surface area contributed by atoms with Crippen molar-refractivity contribution in [3.63, 3.8) is 0 Å². The zero-order valence-corrected chi connectivity index (χ0v) is 50.7. The Morgan fingerprint density at radius 2 is 0.692 bits per heavy atom. The van der Waals surface area contributed by atoms with Gasteiger partial charge in [-0.2, -0.15) is 0 Å². The second-order valence-electron chi connectivity index (χ2n) is 20.6. The molecule has 78 heavy (non-hydrogen) atoms. The summed E-state index contributed by atoms with van der Waals surface area (Å²) in [4.78, 5) is 35.7. The van der Waals surface area contributed by atoms with Crippen molar-refractivity contribution >= 4 is 19.8 Å². The molecule has 0 saturated carbocycles. The number of esters is 2. The van der Waals surface area contributed by atoms with Crippen molar-refractivity contribution in [1.29, 1.82) is 0 Å². The van der Waals surface area contributed by atoms with E-state index in [-0.39, 0.29) is 32.0 Å². The van der Waals surface area contributed by atoms with E-state index in [0.717, 1.165) is 148 Å². The Hall–Kier alpha value is -4.37. The van der Waals surface area contributed by atoms with Crippen molar-refractivity contribution < 1.29 is 42.1 Å². The second-order valence-corrected chi connectivity index (χ2v) is 22.1. The number of nitrogens with zero attached hydrogens (tertiary/aromatic N) is 1. The van der Waals surface area contributed by atoms with Crippen molar-refractivity contribution in [2.45, 2.75) is 213 Å². The average molecular weight is 1100 g/mol. The number of hydrogen-bond donors (Lipinski definition) is 1. The van der Waals surface area contributed by atoms with Crippen LogP contribution in [-0.2, 0) is 32.7 Å². The van der Waals surface area contributed by atoms with Crippen LogP contribution in [-0.4, -0.2) is 74.9 Å².